The predicted molar refractivity (Wildman–Crippen MR) is 68.9 cm³/mol. The van der Waals surface area contributed by atoms with Gasteiger partial charge in [0.15, 0.2) is 0 Å². The third kappa shape index (κ3) is 4.10. The van der Waals surface area contributed by atoms with Crippen molar-refractivity contribution >= 4 is 5.91 Å². The lowest BCUT2D eigenvalue weighted by atomic mass is 10.0. The lowest BCUT2D eigenvalue weighted by Gasteiger charge is -2.19. The number of hydrogen-bond acceptors (Lipinski definition) is 2. The second-order valence-corrected chi connectivity index (χ2v) is 4.55. The summed E-state index contributed by atoms with van der Waals surface area (Å²) in [7, 11) is 0. The van der Waals surface area contributed by atoms with Crippen LogP contribution in [0.3, 0.4) is 0 Å². The number of hydrogen-bond donors (Lipinski definition) is 2. The molecule has 1 rings (SSSR count). The molecule has 0 aromatic heterocycles. The highest BCUT2D eigenvalue weighted by atomic mass is 16.3. The van der Waals surface area contributed by atoms with Crippen LogP contribution < -0.4 is 5.32 Å². The molecule has 3 nitrogen and oxygen atoms in total. The highest BCUT2D eigenvalue weighted by Gasteiger charge is 2.14. The fourth-order valence-corrected chi connectivity index (χ4v) is 1.63. The summed E-state index contributed by atoms with van der Waals surface area (Å²) < 4.78 is 0. The Morgan fingerprint density at radius 1 is 1.35 bits per heavy atom. The van der Waals surface area contributed by atoms with Crippen molar-refractivity contribution in [2.75, 3.05) is 0 Å². The molecule has 1 aromatic rings. The maximum atomic E-state index is 11.8. The van der Waals surface area contributed by atoms with Crippen molar-refractivity contribution in [2.24, 2.45) is 5.92 Å². The van der Waals surface area contributed by atoms with Crippen LogP contribution >= 0.6 is 0 Å². The topological polar surface area (TPSA) is 49.3 Å². The number of rotatable bonds is 5. The number of phenolic OH excluding ortho intramolecular Hbond substituents is 1. The van der Waals surface area contributed by atoms with Crippen LogP contribution in [0.25, 0.3) is 0 Å². The average molecular weight is 235 g/mol. The number of carbonyl (C=O) groups excluding carboxylic acids is 1. The van der Waals surface area contributed by atoms with Crippen LogP contribution in [-0.4, -0.2) is 17.1 Å². The van der Waals surface area contributed by atoms with Crippen LogP contribution in [0.2, 0.25) is 0 Å². The molecule has 2 atom stereocenters. The summed E-state index contributed by atoms with van der Waals surface area (Å²) in [5, 5.41) is 12.5. The second kappa shape index (κ2) is 6.28. The van der Waals surface area contributed by atoms with E-state index in [1.54, 1.807) is 18.2 Å². The minimum absolute atomic E-state index is 0.0423. The Kier molecular flexibility index (Phi) is 5.01. The van der Waals surface area contributed by atoms with Gasteiger partial charge >= 0.3 is 0 Å². The summed E-state index contributed by atoms with van der Waals surface area (Å²) in [6.45, 7) is 6.23. The van der Waals surface area contributed by atoms with E-state index in [-0.39, 0.29) is 24.1 Å². The number of nitrogens with one attached hydrogen (secondary N) is 1. The summed E-state index contributed by atoms with van der Waals surface area (Å²) in [6, 6.07) is 7.10. The quantitative estimate of drug-likeness (QED) is 0.823. The number of aromatic hydroxyl groups is 1. The van der Waals surface area contributed by atoms with Crippen molar-refractivity contribution in [2.45, 2.75) is 39.7 Å². The molecule has 0 heterocycles. The third-order valence-corrected chi connectivity index (χ3v) is 3.23. The van der Waals surface area contributed by atoms with Gasteiger partial charge in [-0.25, -0.2) is 0 Å². The Balaban J connectivity index is 2.53. The molecule has 2 N–H and O–H groups in total. The number of para-hydroxylation sites is 1. The highest BCUT2D eigenvalue weighted by molar-refractivity contribution is 5.79. The van der Waals surface area contributed by atoms with E-state index in [4.69, 9.17) is 0 Å². The van der Waals surface area contributed by atoms with Gasteiger partial charge in [0.2, 0.25) is 5.91 Å². The smallest absolute Gasteiger partial charge is 0.224 e. The van der Waals surface area contributed by atoms with Crippen molar-refractivity contribution in [3.05, 3.63) is 29.8 Å². The second-order valence-electron chi connectivity index (χ2n) is 4.55. The maximum Gasteiger partial charge on any atom is 0.224 e. The van der Waals surface area contributed by atoms with Gasteiger partial charge in [-0.05, 0) is 18.9 Å². The maximum absolute atomic E-state index is 11.8. The van der Waals surface area contributed by atoms with Crippen molar-refractivity contribution in [1.82, 2.24) is 5.32 Å². The zero-order valence-electron chi connectivity index (χ0n) is 10.7. The lowest BCUT2D eigenvalue weighted by Crippen LogP contribution is -2.37. The van der Waals surface area contributed by atoms with Gasteiger partial charge in [0, 0.05) is 11.6 Å². The summed E-state index contributed by atoms with van der Waals surface area (Å²) in [4.78, 5) is 11.8. The normalized spacial score (nSPS) is 14.1. The molecule has 0 bridgehead atoms. The Labute approximate surface area is 103 Å². The van der Waals surface area contributed by atoms with E-state index in [0.29, 0.717) is 11.5 Å². The Hall–Kier alpha value is -1.51. The van der Waals surface area contributed by atoms with Crippen molar-refractivity contribution in [3.8, 4) is 5.75 Å². The number of phenols is 1. The van der Waals surface area contributed by atoms with E-state index >= 15 is 0 Å². The molecule has 0 radical (unpaired) electrons. The van der Waals surface area contributed by atoms with Crippen molar-refractivity contribution in [1.29, 1.82) is 0 Å². The number of carbonyl (C=O) groups is 1. The van der Waals surface area contributed by atoms with Crippen LogP contribution in [0.5, 0.6) is 5.75 Å². The molecular formula is C14H21NO2. The first-order valence-corrected chi connectivity index (χ1v) is 6.10. The Morgan fingerprint density at radius 2 is 2.00 bits per heavy atom. The van der Waals surface area contributed by atoms with Gasteiger partial charge in [0.25, 0.3) is 0 Å². The van der Waals surface area contributed by atoms with Gasteiger partial charge in [0.05, 0.1) is 6.42 Å². The molecule has 0 fully saturated rings. The molecule has 2 unspecified atom stereocenters. The van der Waals surface area contributed by atoms with Gasteiger partial charge in [0.1, 0.15) is 5.75 Å². The molecule has 1 amide bonds. The van der Waals surface area contributed by atoms with E-state index in [9.17, 15) is 9.90 Å². The molecule has 1 aromatic carbocycles. The summed E-state index contributed by atoms with van der Waals surface area (Å²) in [5.41, 5.74) is 0.668. The molecule has 0 saturated carbocycles. The Bertz CT molecular complexity index is 376. The monoisotopic (exact) mass is 235 g/mol. The van der Waals surface area contributed by atoms with E-state index < -0.39 is 0 Å². The molecule has 0 saturated heterocycles. The first-order chi connectivity index (χ1) is 8.04. The predicted octanol–water partition coefficient (Wildman–Crippen LogP) is 2.49. The van der Waals surface area contributed by atoms with Crippen molar-refractivity contribution < 1.29 is 9.90 Å². The SMILES string of the molecule is CCC(C)C(C)NC(=O)Cc1ccccc1O. The first-order valence-electron chi connectivity index (χ1n) is 6.10. The molecule has 94 valence electrons. The largest absolute Gasteiger partial charge is 0.508 e. The molecule has 17 heavy (non-hydrogen) atoms. The summed E-state index contributed by atoms with van der Waals surface area (Å²) in [6.07, 6.45) is 1.27. The molecule has 3 heteroatoms. The third-order valence-electron chi connectivity index (χ3n) is 3.23. The van der Waals surface area contributed by atoms with Gasteiger partial charge in [-0.3, -0.25) is 4.79 Å². The Morgan fingerprint density at radius 3 is 2.59 bits per heavy atom. The minimum atomic E-state index is -0.0423. The van der Waals surface area contributed by atoms with Crippen LogP contribution in [-0.2, 0) is 11.2 Å². The van der Waals surface area contributed by atoms with Gasteiger partial charge in [-0.15, -0.1) is 0 Å². The van der Waals surface area contributed by atoms with E-state index in [0.717, 1.165) is 6.42 Å². The standard InChI is InChI=1S/C14H21NO2/c1-4-10(2)11(3)15-14(17)9-12-7-5-6-8-13(12)16/h5-8,10-11,16H,4,9H2,1-3H3,(H,15,17). The number of amides is 1. The zero-order valence-corrected chi connectivity index (χ0v) is 10.7. The fourth-order valence-electron chi connectivity index (χ4n) is 1.63. The minimum Gasteiger partial charge on any atom is -0.508 e. The highest BCUT2D eigenvalue weighted by Crippen LogP contribution is 2.16. The van der Waals surface area contributed by atoms with Gasteiger partial charge in [-0.2, -0.15) is 0 Å². The molecule has 0 aliphatic heterocycles. The lowest BCUT2D eigenvalue weighted by molar-refractivity contribution is -0.121. The van der Waals surface area contributed by atoms with E-state index in [1.165, 1.54) is 0 Å². The molecule has 0 spiro atoms. The van der Waals surface area contributed by atoms with Gasteiger partial charge < -0.3 is 10.4 Å². The number of benzene rings is 1. The van der Waals surface area contributed by atoms with E-state index in [2.05, 4.69) is 19.2 Å². The summed E-state index contributed by atoms with van der Waals surface area (Å²) in [5.74, 6) is 0.599. The summed E-state index contributed by atoms with van der Waals surface area (Å²) >= 11 is 0. The first kappa shape index (κ1) is 13.6. The molecular weight excluding hydrogens is 214 g/mol. The van der Waals surface area contributed by atoms with Crippen LogP contribution in [0.1, 0.15) is 32.8 Å². The fraction of sp³-hybridized carbons (Fsp3) is 0.500. The van der Waals surface area contributed by atoms with E-state index in [1.807, 2.05) is 13.0 Å². The van der Waals surface area contributed by atoms with Crippen LogP contribution in [0.15, 0.2) is 24.3 Å². The van der Waals surface area contributed by atoms with Crippen LogP contribution in [0.4, 0.5) is 0 Å². The van der Waals surface area contributed by atoms with Crippen LogP contribution in [0, 0.1) is 5.92 Å². The van der Waals surface area contributed by atoms with Gasteiger partial charge in [-0.1, -0.05) is 38.5 Å². The van der Waals surface area contributed by atoms with Crippen molar-refractivity contribution in [3.63, 3.8) is 0 Å². The molecule has 0 aliphatic carbocycles. The zero-order chi connectivity index (χ0) is 12.8. The average Bonchev–Trinajstić information content (AvgIpc) is 2.31. The molecule has 0 aliphatic rings.